The van der Waals surface area contributed by atoms with Crippen LogP contribution in [-0.2, 0) is 14.3 Å². The summed E-state index contributed by atoms with van der Waals surface area (Å²) in [4.78, 5) is 32.2. The number of halogens is 2. The van der Waals surface area contributed by atoms with Gasteiger partial charge in [0.1, 0.15) is 5.82 Å². The molecule has 2 aromatic rings. The van der Waals surface area contributed by atoms with Crippen molar-refractivity contribution in [3.63, 3.8) is 0 Å². The summed E-state index contributed by atoms with van der Waals surface area (Å²) in [5.41, 5.74) is 2.99. The Balaban J connectivity index is 1.65. The van der Waals surface area contributed by atoms with Gasteiger partial charge in [-0.3, -0.25) is 4.79 Å². The lowest BCUT2D eigenvalue weighted by Crippen LogP contribution is -2.37. The van der Waals surface area contributed by atoms with Crippen LogP contribution >= 0.6 is 23.4 Å². The lowest BCUT2D eigenvalue weighted by atomic mass is 9.94. The first-order valence-electron chi connectivity index (χ1n) is 10.3. The van der Waals surface area contributed by atoms with Gasteiger partial charge in [-0.1, -0.05) is 35.5 Å². The molecule has 9 heteroatoms. The first kappa shape index (κ1) is 23.1. The van der Waals surface area contributed by atoms with Crippen LogP contribution in [0.15, 0.2) is 75.9 Å². The molecule has 170 valence electrons. The standard InChI is InChI=1S/C24H21ClFN3O3S/c1-3-32-23(31)21-14(2)27-24-29(22(21)15-4-6-16(25)7-5-15)19(13-33-24)12-20(30)28-18-10-8-17(26)9-11-18/h4-11,13,22H,3,12H2,1-2H3,(H,28,30). The van der Waals surface area contributed by atoms with Crippen molar-refractivity contribution in [3.05, 3.63) is 87.3 Å². The SMILES string of the molecule is CCOC(=O)C1=C(C)N=C2SC=C(CC(=O)Nc3ccc(F)cc3)N2C1c1ccc(Cl)cc1. The Kier molecular flexibility index (Phi) is 6.85. The zero-order valence-electron chi connectivity index (χ0n) is 18.0. The Labute approximate surface area is 200 Å². The molecule has 0 aliphatic carbocycles. The third kappa shape index (κ3) is 4.96. The van der Waals surface area contributed by atoms with Gasteiger partial charge in [0.2, 0.25) is 5.91 Å². The predicted molar refractivity (Wildman–Crippen MR) is 128 cm³/mol. The topological polar surface area (TPSA) is 71.0 Å². The summed E-state index contributed by atoms with van der Waals surface area (Å²) in [6.45, 7) is 3.76. The van der Waals surface area contributed by atoms with Crippen LogP contribution in [0.3, 0.4) is 0 Å². The number of hydrogen-bond acceptors (Lipinski definition) is 6. The zero-order valence-corrected chi connectivity index (χ0v) is 19.5. The van der Waals surface area contributed by atoms with Crippen molar-refractivity contribution in [3.8, 4) is 0 Å². The number of amidine groups is 1. The van der Waals surface area contributed by atoms with Crippen LogP contribution < -0.4 is 5.32 Å². The van der Waals surface area contributed by atoms with E-state index in [-0.39, 0.29) is 24.8 Å². The van der Waals surface area contributed by atoms with Crippen molar-refractivity contribution >= 4 is 46.1 Å². The molecule has 2 aromatic carbocycles. The van der Waals surface area contributed by atoms with Gasteiger partial charge < -0.3 is 15.0 Å². The maximum absolute atomic E-state index is 13.2. The van der Waals surface area contributed by atoms with E-state index in [4.69, 9.17) is 16.3 Å². The summed E-state index contributed by atoms with van der Waals surface area (Å²) >= 11 is 7.48. The molecule has 0 saturated carbocycles. The lowest BCUT2D eigenvalue weighted by Gasteiger charge is -2.36. The van der Waals surface area contributed by atoms with Gasteiger partial charge in [0.25, 0.3) is 0 Å². The van der Waals surface area contributed by atoms with E-state index in [0.29, 0.717) is 32.8 Å². The quantitative estimate of drug-likeness (QED) is 0.536. The number of nitrogens with zero attached hydrogens (tertiary/aromatic N) is 2. The minimum Gasteiger partial charge on any atom is -0.463 e. The number of allylic oxidation sites excluding steroid dienone is 1. The maximum Gasteiger partial charge on any atom is 0.338 e. The molecule has 0 bridgehead atoms. The molecule has 4 rings (SSSR count). The average molecular weight is 486 g/mol. The van der Waals surface area contributed by atoms with Crippen molar-refractivity contribution in [1.82, 2.24) is 4.90 Å². The number of anilines is 1. The Morgan fingerprint density at radius 2 is 1.88 bits per heavy atom. The lowest BCUT2D eigenvalue weighted by molar-refractivity contribution is -0.139. The molecule has 1 unspecified atom stereocenters. The molecule has 2 heterocycles. The molecule has 33 heavy (non-hydrogen) atoms. The van der Waals surface area contributed by atoms with Crippen LogP contribution in [0.2, 0.25) is 5.02 Å². The number of nitrogens with one attached hydrogen (secondary N) is 1. The summed E-state index contributed by atoms with van der Waals surface area (Å²) in [6.07, 6.45) is 0.0443. The molecular formula is C24H21ClFN3O3S. The maximum atomic E-state index is 13.2. The molecule has 1 atom stereocenters. The summed E-state index contributed by atoms with van der Waals surface area (Å²) in [7, 11) is 0. The van der Waals surface area contributed by atoms with Gasteiger partial charge in [-0.2, -0.15) is 0 Å². The van der Waals surface area contributed by atoms with Gasteiger partial charge in [-0.05, 0) is 61.2 Å². The molecule has 0 aromatic heterocycles. The summed E-state index contributed by atoms with van der Waals surface area (Å²) in [5.74, 6) is -1.10. The second-order valence-electron chi connectivity index (χ2n) is 7.40. The number of hydrogen-bond donors (Lipinski definition) is 1. The molecule has 0 fully saturated rings. The van der Waals surface area contributed by atoms with E-state index in [1.807, 2.05) is 22.4 Å². The summed E-state index contributed by atoms with van der Waals surface area (Å²) in [6, 6.07) is 12.3. The summed E-state index contributed by atoms with van der Waals surface area (Å²) in [5, 5.41) is 5.88. The van der Waals surface area contributed by atoms with Crippen molar-refractivity contribution < 1.29 is 18.7 Å². The van der Waals surface area contributed by atoms with Gasteiger partial charge in [0.15, 0.2) is 5.17 Å². The Bertz CT molecular complexity index is 1180. The average Bonchev–Trinajstić information content (AvgIpc) is 3.17. The highest BCUT2D eigenvalue weighted by atomic mass is 35.5. The molecule has 2 aliphatic heterocycles. The van der Waals surface area contributed by atoms with Crippen molar-refractivity contribution in [2.24, 2.45) is 4.99 Å². The highest BCUT2D eigenvalue weighted by molar-refractivity contribution is 8.16. The number of fused-ring (bicyclic) bond motifs is 1. The number of thioether (sulfide) groups is 1. The molecule has 0 radical (unpaired) electrons. The molecule has 0 saturated heterocycles. The van der Waals surface area contributed by atoms with E-state index in [1.54, 1.807) is 26.0 Å². The smallest absolute Gasteiger partial charge is 0.338 e. The van der Waals surface area contributed by atoms with Crippen LogP contribution in [0.5, 0.6) is 0 Å². The fourth-order valence-corrected chi connectivity index (χ4v) is 4.79. The van der Waals surface area contributed by atoms with Gasteiger partial charge in [-0.15, -0.1) is 0 Å². The van der Waals surface area contributed by atoms with Crippen LogP contribution in [-0.4, -0.2) is 28.6 Å². The zero-order chi connectivity index (χ0) is 23.5. The van der Waals surface area contributed by atoms with E-state index in [2.05, 4.69) is 10.3 Å². The van der Waals surface area contributed by atoms with Gasteiger partial charge in [0, 0.05) is 16.4 Å². The van der Waals surface area contributed by atoms with E-state index in [9.17, 15) is 14.0 Å². The number of amides is 1. The fourth-order valence-electron chi connectivity index (χ4n) is 3.70. The van der Waals surface area contributed by atoms with Crippen molar-refractivity contribution in [1.29, 1.82) is 0 Å². The van der Waals surface area contributed by atoms with Crippen LogP contribution in [0.1, 0.15) is 31.9 Å². The number of aliphatic imine (C=N–C) groups is 1. The van der Waals surface area contributed by atoms with Gasteiger partial charge in [-0.25, -0.2) is 14.2 Å². The molecule has 6 nitrogen and oxygen atoms in total. The number of carbonyl (C=O) groups is 2. The molecule has 1 amide bonds. The van der Waals surface area contributed by atoms with E-state index in [1.165, 1.54) is 36.0 Å². The monoisotopic (exact) mass is 485 g/mol. The first-order valence-corrected chi connectivity index (χ1v) is 11.6. The number of benzene rings is 2. The van der Waals surface area contributed by atoms with Gasteiger partial charge in [0.05, 0.1) is 30.3 Å². The fraction of sp³-hybridized carbons (Fsp3) is 0.208. The van der Waals surface area contributed by atoms with Crippen LogP contribution in [0.25, 0.3) is 0 Å². The Morgan fingerprint density at radius 3 is 2.55 bits per heavy atom. The molecule has 1 N–H and O–H groups in total. The van der Waals surface area contributed by atoms with Crippen LogP contribution in [0, 0.1) is 5.82 Å². The van der Waals surface area contributed by atoms with Gasteiger partial charge >= 0.3 is 5.97 Å². The predicted octanol–water partition coefficient (Wildman–Crippen LogP) is 5.65. The third-order valence-corrected chi connectivity index (χ3v) is 6.29. The number of carbonyl (C=O) groups excluding carboxylic acids is 2. The highest BCUT2D eigenvalue weighted by Gasteiger charge is 2.41. The molecule has 2 aliphatic rings. The number of rotatable bonds is 6. The largest absolute Gasteiger partial charge is 0.463 e. The normalized spacial score (nSPS) is 17.3. The molecular weight excluding hydrogens is 465 g/mol. The number of esters is 1. The third-order valence-electron chi connectivity index (χ3n) is 5.15. The highest BCUT2D eigenvalue weighted by Crippen LogP contribution is 2.45. The van der Waals surface area contributed by atoms with E-state index in [0.717, 1.165) is 5.56 Å². The van der Waals surface area contributed by atoms with Crippen LogP contribution in [0.4, 0.5) is 10.1 Å². The second-order valence-corrected chi connectivity index (χ2v) is 8.67. The second kappa shape index (κ2) is 9.80. The minimum atomic E-state index is -0.520. The first-order chi connectivity index (χ1) is 15.9. The Hall–Kier alpha value is -3.10. The molecule has 0 spiro atoms. The van der Waals surface area contributed by atoms with Crippen molar-refractivity contribution in [2.45, 2.75) is 26.3 Å². The number of ether oxygens (including phenoxy) is 1. The van der Waals surface area contributed by atoms with E-state index < -0.39 is 12.0 Å². The van der Waals surface area contributed by atoms with E-state index >= 15 is 0 Å². The Morgan fingerprint density at radius 1 is 1.18 bits per heavy atom. The van der Waals surface area contributed by atoms with Crippen molar-refractivity contribution in [2.75, 3.05) is 11.9 Å². The summed E-state index contributed by atoms with van der Waals surface area (Å²) < 4.78 is 18.5. The minimum absolute atomic E-state index is 0.0443.